The minimum atomic E-state index is -0.596. The Balaban J connectivity index is 2.89. The number of para-hydroxylation sites is 1. The van der Waals surface area contributed by atoms with E-state index in [-0.39, 0.29) is 5.75 Å². The summed E-state index contributed by atoms with van der Waals surface area (Å²) in [4.78, 5) is 10.8. The minimum Gasteiger partial charge on any atom is -0.505 e. The highest BCUT2D eigenvalue weighted by molar-refractivity contribution is 5.86. The number of nitrogens with one attached hydrogen (secondary N) is 1. The van der Waals surface area contributed by atoms with E-state index in [1.807, 2.05) is 0 Å². The highest BCUT2D eigenvalue weighted by Gasteiger charge is 2.06. The third-order valence-corrected chi connectivity index (χ3v) is 1.66. The second-order valence-electron chi connectivity index (χ2n) is 2.59. The summed E-state index contributed by atoms with van der Waals surface area (Å²) in [5.74, 6) is 0.0629. The molecule has 1 aromatic carbocycles. The molecule has 4 heteroatoms. The summed E-state index contributed by atoms with van der Waals surface area (Å²) >= 11 is 0. The Morgan fingerprint density at radius 1 is 1.54 bits per heavy atom. The first kappa shape index (κ1) is 9.38. The fourth-order valence-corrected chi connectivity index (χ4v) is 0.921. The first-order valence-electron chi connectivity index (χ1n) is 3.78. The van der Waals surface area contributed by atoms with Crippen LogP contribution < -0.4 is 5.32 Å². The van der Waals surface area contributed by atoms with E-state index >= 15 is 0 Å². The maximum absolute atomic E-state index is 10.8. The van der Waals surface area contributed by atoms with E-state index in [0.29, 0.717) is 11.3 Å². The average Bonchev–Trinajstić information content (AvgIpc) is 2.13. The zero-order valence-electron chi connectivity index (χ0n) is 7.50. The normalized spacial score (nSPS) is 9.38. The van der Waals surface area contributed by atoms with Crippen molar-refractivity contribution in [2.75, 3.05) is 12.4 Å². The Bertz CT molecular complexity index is 323. The Morgan fingerprint density at radius 2 is 2.23 bits per heavy atom. The molecule has 0 aromatic heterocycles. The molecule has 1 rings (SSSR count). The molecule has 0 bridgehead atoms. The third kappa shape index (κ3) is 2.11. The summed E-state index contributed by atoms with van der Waals surface area (Å²) in [6.07, 6.45) is -0.596. The van der Waals surface area contributed by atoms with Crippen LogP contribution in [0.25, 0.3) is 0 Å². The number of amides is 1. The summed E-state index contributed by atoms with van der Waals surface area (Å²) < 4.78 is 4.39. The maximum atomic E-state index is 10.8. The highest BCUT2D eigenvalue weighted by Crippen LogP contribution is 2.26. The molecular formula is C9H11NO3. The van der Waals surface area contributed by atoms with Crippen molar-refractivity contribution < 1.29 is 14.6 Å². The summed E-state index contributed by atoms with van der Waals surface area (Å²) in [5, 5.41) is 11.9. The lowest BCUT2D eigenvalue weighted by Gasteiger charge is -2.07. The van der Waals surface area contributed by atoms with E-state index in [0.717, 1.165) is 0 Å². The van der Waals surface area contributed by atoms with Crippen LogP contribution in [-0.2, 0) is 4.74 Å². The number of benzene rings is 1. The number of carbonyl (C=O) groups excluding carboxylic acids is 1. The number of hydrogen-bond donors (Lipinski definition) is 2. The Morgan fingerprint density at radius 3 is 2.85 bits per heavy atom. The van der Waals surface area contributed by atoms with Gasteiger partial charge in [-0.3, -0.25) is 5.32 Å². The molecule has 0 aliphatic rings. The molecule has 1 amide bonds. The topological polar surface area (TPSA) is 58.6 Å². The van der Waals surface area contributed by atoms with Gasteiger partial charge in [0.25, 0.3) is 0 Å². The summed E-state index contributed by atoms with van der Waals surface area (Å²) in [7, 11) is 1.27. The number of aromatic hydroxyl groups is 1. The molecule has 1 aromatic rings. The van der Waals surface area contributed by atoms with Crippen LogP contribution in [0, 0.1) is 6.92 Å². The third-order valence-electron chi connectivity index (χ3n) is 1.66. The van der Waals surface area contributed by atoms with E-state index in [9.17, 15) is 9.90 Å². The highest BCUT2D eigenvalue weighted by atomic mass is 16.5. The van der Waals surface area contributed by atoms with Crippen LogP contribution in [0.1, 0.15) is 5.56 Å². The van der Waals surface area contributed by atoms with Gasteiger partial charge in [-0.15, -0.1) is 0 Å². The number of phenols is 1. The zero-order valence-corrected chi connectivity index (χ0v) is 7.50. The fourth-order valence-electron chi connectivity index (χ4n) is 0.921. The number of methoxy groups -OCH3 is 1. The number of aryl methyl sites for hydroxylation is 1. The molecule has 0 radical (unpaired) electrons. The number of carbonyl (C=O) groups is 1. The summed E-state index contributed by atoms with van der Waals surface area (Å²) in [5.41, 5.74) is 1.06. The molecule has 0 saturated carbocycles. The Kier molecular flexibility index (Phi) is 2.74. The van der Waals surface area contributed by atoms with Gasteiger partial charge < -0.3 is 9.84 Å². The van der Waals surface area contributed by atoms with Crippen LogP contribution in [0.5, 0.6) is 5.75 Å². The quantitative estimate of drug-likeness (QED) is 0.650. The zero-order chi connectivity index (χ0) is 9.84. The van der Waals surface area contributed by atoms with Gasteiger partial charge in [-0.1, -0.05) is 12.1 Å². The second kappa shape index (κ2) is 3.80. The predicted octanol–water partition coefficient (Wildman–Crippen LogP) is 1.88. The van der Waals surface area contributed by atoms with Crippen molar-refractivity contribution >= 4 is 11.8 Å². The Labute approximate surface area is 76.1 Å². The SMILES string of the molecule is COC(=O)Nc1cccc(C)c1O. The first-order chi connectivity index (χ1) is 6.15. The summed E-state index contributed by atoms with van der Waals surface area (Å²) in [6.45, 7) is 1.75. The van der Waals surface area contributed by atoms with Gasteiger partial charge in [-0.2, -0.15) is 0 Å². The molecular weight excluding hydrogens is 170 g/mol. The molecule has 70 valence electrons. The van der Waals surface area contributed by atoms with Crippen LogP contribution in [-0.4, -0.2) is 18.3 Å². The number of anilines is 1. The average molecular weight is 181 g/mol. The van der Waals surface area contributed by atoms with Gasteiger partial charge in [0.05, 0.1) is 12.8 Å². The predicted molar refractivity (Wildman–Crippen MR) is 48.9 cm³/mol. The lowest BCUT2D eigenvalue weighted by Crippen LogP contribution is -2.11. The number of hydrogen-bond acceptors (Lipinski definition) is 3. The van der Waals surface area contributed by atoms with Crippen LogP contribution in [0.3, 0.4) is 0 Å². The summed E-state index contributed by atoms with van der Waals surface area (Å²) in [6, 6.07) is 5.08. The lowest BCUT2D eigenvalue weighted by molar-refractivity contribution is 0.187. The molecule has 0 aliphatic heterocycles. The van der Waals surface area contributed by atoms with E-state index in [2.05, 4.69) is 10.1 Å². The van der Waals surface area contributed by atoms with Crippen molar-refractivity contribution in [2.24, 2.45) is 0 Å². The van der Waals surface area contributed by atoms with Crippen LogP contribution in [0.4, 0.5) is 10.5 Å². The molecule has 0 unspecified atom stereocenters. The molecule has 13 heavy (non-hydrogen) atoms. The van der Waals surface area contributed by atoms with Crippen LogP contribution in [0.15, 0.2) is 18.2 Å². The molecule has 0 spiro atoms. The largest absolute Gasteiger partial charge is 0.505 e. The number of phenolic OH excluding ortho intramolecular Hbond substituents is 1. The van der Waals surface area contributed by atoms with Gasteiger partial charge in [-0.25, -0.2) is 4.79 Å². The van der Waals surface area contributed by atoms with Crippen LogP contribution >= 0.6 is 0 Å². The molecule has 0 aliphatic carbocycles. The van der Waals surface area contributed by atoms with Crippen LogP contribution in [0.2, 0.25) is 0 Å². The van der Waals surface area contributed by atoms with Gasteiger partial charge in [0, 0.05) is 0 Å². The van der Waals surface area contributed by atoms with Crippen molar-refractivity contribution in [3.63, 3.8) is 0 Å². The van der Waals surface area contributed by atoms with Crippen molar-refractivity contribution in [1.82, 2.24) is 0 Å². The maximum Gasteiger partial charge on any atom is 0.411 e. The van der Waals surface area contributed by atoms with Crippen molar-refractivity contribution in [1.29, 1.82) is 0 Å². The number of rotatable bonds is 1. The van der Waals surface area contributed by atoms with E-state index in [4.69, 9.17) is 0 Å². The van der Waals surface area contributed by atoms with E-state index < -0.39 is 6.09 Å². The van der Waals surface area contributed by atoms with Gasteiger partial charge in [0.1, 0.15) is 5.75 Å². The lowest BCUT2D eigenvalue weighted by atomic mass is 10.2. The van der Waals surface area contributed by atoms with Gasteiger partial charge in [-0.05, 0) is 18.6 Å². The first-order valence-corrected chi connectivity index (χ1v) is 3.78. The van der Waals surface area contributed by atoms with E-state index in [1.54, 1.807) is 25.1 Å². The molecule has 0 heterocycles. The van der Waals surface area contributed by atoms with Crippen molar-refractivity contribution in [2.45, 2.75) is 6.92 Å². The standard InChI is InChI=1S/C9H11NO3/c1-6-4-3-5-7(8(6)11)10-9(12)13-2/h3-5,11H,1-2H3,(H,10,12). The van der Waals surface area contributed by atoms with Gasteiger partial charge in [0.2, 0.25) is 0 Å². The van der Waals surface area contributed by atoms with Crippen molar-refractivity contribution in [3.8, 4) is 5.75 Å². The monoisotopic (exact) mass is 181 g/mol. The molecule has 2 N–H and O–H groups in total. The van der Waals surface area contributed by atoms with Gasteiger partial charge >= 0.3 is 6.09 Å². The number of ether oxygens (including phenoxy) is 1. The molecule has 0 saturated heterocycles. The van der Waals surface area contributed by atoms with Crippen molar-refractivity contribution in [3.05, 3.63) is 23.8 Å². The minimum absolute atomic E-state index is 0.0629. The van der Waals surface area contributed by atoms with Gasteiger partial charge in [0.15, 0.2) is 0 Å². The molecule has 0 atom stereocenters. The Hall–Kier alpha value is -1.71. The fraction of sp³-hybridized carbons (Fsp3) is 0.222. The van der Waals surface area contributed by atoms with E-state index in [1.165, 1.54) is 7.11 Å². The second-order valence-corrected chi connectivity index (χ2v) is 2.59. The molecule has 0 fully saturated rings. The smallest absolute Gasteiger partial charge is 0.411 e. The molecule has 4 nitrogen and oxygen atoms in total.